The van der Waals surface area contributed by atoms with Gasteiger partial charge in [0.2, 0.25) is 0 Å². The van der Waals surface area contributed by atoms with E-state index in [4.69, 9.17) is 0 Å². The fraction of sp³-hybridized carbons (Fsp3) is 0.0500. The molecule has 1 aliphatic carbocycles. The predicted octanol–water partition coefficient (Wildman–Crippen LogP) is 4.85. The van der Waals surface area contributed by atoms with Crippen LogP contribution in [0.5, 0.6) is 0 Å². The molecule has 0 unspecified atom stereocenters. The van der Waals surface area contributed by atoms with Crippen molar-refractivity contribution in [2.75, 3.05) is 0 Å². The van der Waals surface area contributed by atoms with Crippen LogP contribution in [-0.2, 0) is 6.42 Å². The molecular formula is C20H15N. The molecule has 2 aromatic carbocycles. The van der Waals surface area contributed by atoms with Crippen molar-refractivity contribution in [3.63, 3.8) is 0 Å². The Labute approximate surface area is 124 Å². The number of pyridine rings is 1. The number of aromatic nitrogens is 1. The van der Waals surface area contributed by atoms with Crippen molar-refractivity contribution >= 4 is 11.6 Å². The maximum Gasteiger partial charge on any atom is 0.0665 e. The van der Waals surface area contributed by atoms with Crippen molar-refractivity contribution in [2.24, 2.45) is 0 Å². The molecule has 1 aliphatic rings. The molecule has 4 rings (SSSR count). The van der Waals surface area contributed by atoms with E-state index in [-0.39, 0.29) is 0 Å². The van der Waals surface area contributed by atoms with Crippen LogP contribution in [0.1, 0.15) is 16.8 Å². The predicted molar refractivity (Wildman–Crippen MR) is 87.7 cm³/mol. The van der Waals surface area contributed by atoms with Crippen LogP contribution in [0.2, 0.25) is 0 Å². The standard InChI is InChI=1S/C20H15N/c1-2-7-15(8-3-1)18-10-6-9-16-13-17(14-19(16)18)20-11-4-5-12-21-20/h1-12,14H,13H2. The second-order valence-corrected chi connectivity index (χ2v) is 5.31. The minimum atomic E-state index is 0.965. The van der Waals surface area contributed by atoms with Crippen LogP contribution in [0.4, 0.5) is 0 Å². The third-order valence-corrected chi connectivity index (χ3v) is 3.97. The van der Waals surface area contributed by atoms with E-state index in [1.165, 1.54) is 27.8 Å². The summed E-state index contributed by atoms with van der Waals surface area (Å²) in [6.45, 7) is 0. The van der Waals surface area contributed by atoms with Gasteiger partial charge in [0, 0.05) is 12.6 Å². The van der Waals surface area contributed by atoms with Crippen LogP contribution in [0.25, 0.3) is 22.8 Å². The SMILES string of the molecule is C1=C(c2ccccn2)Cc2cccc(-c3ccccc3)c21. The topological polar surface area (TPSA) is 12.9 Å². The summed E-state index contributed by atoms with van der Waals surface area (Å²) in [4.78, 5) is 4.48. The highest BCUT2D eigenvalue weighted by Gasteiger charge is 2.17. The summed E-state index contributed by atoms with van der Waals surface area (Å²) < 4.78 is 0. The minimum Gasteiger partial charge on any atom is -0.257 e. The zero-order chi connectivity index (χ0) is 14.1. The number of benzene rings is 2. The molecule has 1 aromatic heterocycles. The molecule has 0 bridgehead atoms. The number of allylic oxidation sites excluding steroid dienone is 1. The summed E-state index contributed by atoms with van der Waals surface area (Å²) in [7, 11) is 0. The molecule has 1 heterocycles. The first-order valence-electron chi connectivity index (χ1n) is 7.21. The molecule has 0 saturated carbocycles. The van der Waals surface area contributed by atoms with Gasteiger partial charge in [-0.3, -0.25) is 4.98 Å². The van der Waals surface area contributed by atoms with Crippen molar-refractivity contribution in [1.29, 1.82) is 0 Å². The molecule has 3 aromatic rings. The first kappa shape index (κ1) is 12.1. The molecule has 0 amide bonds. The Morgan fingerprint density at radius 2 is 1.62 bits per heavy atom. The van der Waals surface area contributed by atoms with Gasteiger partial charge in [0.15, 0.2) is 0 Å². The molecule has 0 N–H and O–H groups in total. The Morgan fingerprint density at radius 3 is 2.43 bits per heavy atom. The molecular weight excluding hydrogens is 254 g/mol. The highest BCUT2D eigenvalue weighted by molar-refractivity contribution is 5.93. The van der Waals surface area contributed by atoms with Gasteiger partial charge in [0.05, 0.1) is 5.69 Å². The fourth-order valence-corrected chi connectivity index (χ4v) is 2.95. The highest BCUT2D eigenvalue weighted by Crippen LogP contribution is 2.36. The molecule has 21 heavy (non-hydrogen) atoms. The Kier molecular flexibility index (Phi) is 2.89. The first-order chi connectivity index (χ1) is 10.4. The average molecular weight is 269 g/mol. The van der Waals surface area contributed by atoms with Gasteiger partial charge in [-0.1, -0.05) is 54.6 Å². The zero-order valence-corrected chi connectivity index (χ0v) is 11.7. The van der Waals surface area contributed by atoms with Gasteiger partial charge in [-0.2, -0.15) is 0 Å². The van der Waals surface area contributed by atoms with Gasteiger partial charge in [-0.25, -0.2) is 0 Å². The second-order valence-electron chi connectivity index (χ2n) is 5.31. The van der Waals surface area contributed by atoms with Gasteiger partial charge >= 0.3 is 0 Å². The van der Waals surface area contributed by atoms with Gasteiger partial charge < -0.3 is 0 Å². The quantitative estimate of drug-likeness (QED) is 0.648. The minimum absolute atomic E-state index is 0.965. The largest absolute Gasteiger partial charge is 0.257 e. The maximum absolute atomic E-state index is 4.48. The van der Waals surface area contributed by atoms with E-state index < -0.39 is 0 Å². The van der Waals surface area contributed by atoms with Crippen LogP contribution < -0.4 is 0 Å². The van der Waals surface area contributed by atoms with Crippen molar-refractivity contribution in [2.45, 2.75) is 6.42 Å². The summed E-state index contributed by atoms with van der Waals surface area (Å²) in [5.74, 6) is 0. The number of fused-ring (bicyclic) bond motifs is 1. The Hall–Kier alpha value is -2.67. The Bertz CT molecular complexity index is 802. The van der Waals surface area contributed by atoms with Gasteiger partial charge in [0.25, 0.3) is 0 Å². The smallest absolute Gasteiger partial charge is 0.0665 e. The van der Waals surface area contributed by atoms with Crippen LogP contribution in [0.15, 0.2) is 72.9 Å². The number of nitrogens with zero attached hydrogens (tertiary/aromatic N) is 1. The molecule has 100 valence electrons. The third-order valence-electron chi connectivity index (χ3n) is 3.97. The number of rotatable bonds is 2. The highest BCUT2D eigenvalue weighted by atomic mass is 14.7. The summed E-state index contributed by atoms with van der Waals surface area (Å²) >= 11 is 0. The normalized spacial score (nSPS) is 12.9. The van der Waals surface area contributed by atoms with Gasteiger partial charge in [-0.15, -0.1) is 0 Å². The van der Waals surface area contributed by atoms with Crippen molar-refractivity contribution in [3.8, 4) is 11.1 Å². The van der Waals surface area contributed by atoms with Crippen molar-refractivity contribution in [3.05, 3.63) is 89.7 Å². The molecule has 0 atom stereocenters. The Morgan fingerprint density at radius 1 is 0.762 bits per heavy atom. The van der Waals surface area contributed by atoms with E-state index in [0.717, 1.165) is 12.1 Å². The monoisotopic (exact) mass is 269 g/mol. The lowest BCUT2D eigenvalue weighted by Gasteiger charge is -2.07. The van der Waals surface area contributed by atoms with Gasteiger partial charge in [-0.05, 0) is 46.0 Å². The number of hydrogen-bond acceptors (Lipinski definition) is 1. The van der Waals surface area contributed by atoms with Crippen LogP contribution in [-0.4, -0.2) is 4.98 Å². The number of hydrogen-bond donors (Lipinski definition) is 0. The van der Waals surface area contributed by atoms with E-state index in [2.05, 4.69) is 65.7 Å². The average Bonchev–Trinajstić information content (AvgIpc) is 3.00. The zero-order valence-electron chi connectivity index (χ0n) is 11.7. The molecule has 0 spiro atoms. The third kappa shape index (κ3) is 2.17. The van der Waals surface area contributed by atoms with E-state index >= 15 is 0 Å². The molecule has 0 fully saturated rings. The van der Waals surface area contributed by atoms with Crippen LogP contribution >= 0.6 is 0 Å². The first-order valence-corrected chi connectivity index (χ1v) is 7.21. The van der Waals surface area contributed by atoms with Crippen LogP contribution in [0, 0.1) is 0 Å². The fourth-order valence-electron chi connectivity index (χ4n) is 2.95. The Balaban J connectivity index is 1.83. The van der Waals surface area contributed by atoms with Crippen molar-refractivity contribution in [1.82, 2.24) is 4.98 Å². The van der Waals surface area contributed by atoms with E-state index in [1.807, 2.05) is 18.3 Å². The van der Waals surface area contributed by atoms with E-state index in [1.54, 1.807) is 0 Å². The second kappa shape index (κ2) is 5.02. The molecule has 0 saturated heterocycles. The van der Waals surface area contributed by atoms with Gasteiger partial charge in [0.1, 0.15) is 0 Å². The molecule has 1 nitrogen and oxygen atoms in total. The maximum atomic E-state index is 4.48. The van der Waals surface area contributed by atoms with Crippen LogP contribution in [0.3, 0.4) is 0 Å². The van der Waals surface area contributed by atoms with Crippen molar-refractivity contribution < 1.29 is 0 Å². The van der Waals surface area contributed by atoms with E-state index in [9.17, 15) is 0 Å². The summed E-state index contributed by atoms with van der Waals surface area (Å²) in [5.41, 5.74) is 7.68. The lowest BCUT2D eigenvalue weighted by Crippen LogP contribution is -1.89. The molecule has 0 aliphatic heterocycles. The summed E-state index contributed by atoms with van der Waals surface area (Å²) in [5, 5.41) is 0. The molecule has 1 heteroatoms. The summed E-state index contributed by atoms with van der Waals surface area (Å²) in [6.07, 6.45) is 5.12. The lowest BCUT2D eigenvalue weighted by molar-refractivity contribution is 1.22. The van der Waals surface area contributed by atoms with E-state index in [0.29, 0.717) is 0 Å². The lowest BCUT2D eigenvalue weighted by atomic mass is 9.97. The summed E-state index contributed by atoms with van der Waals surface area (Å²) in [6, 6.07) is 23.2. The molecule has 0 radical (unpaired) electrons.